The van der Waals surface area contributed by atoms with Gasteiger partial charge in [-0.3, -0.25) is 9.79 Å². The highest BCUT2D eigenvalue weighted by atomic mass is 79.9. The lowest BCUT2D eigenvalue weighted by molar-refractivity contribution is -0.0000123. The van der Waals surface area contributed by atoms with E-state index in [0.29, 0.717) is 28.7 Å². The molecule has 0 N–H and O–H groups in total. The number of halogens is 3. The molecule has 132 valence electrons. The van der Waals surface area contributed by atoms with E-state index in [-0.39, 0.29) is 22.8 Å². The smallest absolute Gasteiger partial charge is 0.182 e. The van der Waals surface area contributed by atoms with Crippen LogP contribution in [0.4, 0.5) is 0 Å². The van der Waals surface area contributed by atoms with E-state index >= 15 is 0 Å². The highest BCUT2D eigenvalue weighted by Crippen LogP contribution is 2.24. The molecule has 1 heterocycles. The summed E-state index contributed by atoms with van der Waals surface area (Å²) in [5.41, 5.74) is 1.73. The first-order valence-electron chi connectivity index (χ1n) is 7.58. The molecule has 0 spiro atoms. The summed E-state index contributed by atoms with van der Waals surface area (Å²) in [6.45, 7) is 1.75. The Hall–Kier alpha value is -1.01. The summed E-state index contributed by atoms with van der Waals surface area (Å²) in [6.07, 6.45) is 0. The molecule has 0 unspecified atom stereocenters. The maximum atomic E-state index is 12.5. The maximum absolute atomic E-state index is 12.5. The quantitative estimate of drug-likeness (QED) is 0.640. The predicted octanol–water partition coefficient (Wildman–Crippen LogP) is 1.79. The van der Waals surface area contributed by atoms with Crippen LogP contribution in [0.3, 0.4) is 0 Å². The average Bonchev–Trinajstić information content (AvgIpc) is 3.03. The van der Waals surface area contributed by atoms with Crippen LogP contribution in [0.1, 0.15) is 15.9 Å². The number of ketones is 1. The third kappa shape index (κ3) is 5.48. The Morgan fingerprint density at radius 1 is 1.12 bits per heavy atom. The molecule has 2 aromatic rings. The van der Waals surface area contributed by atoms with Gasteiger partial charge in [0.1, 0.15) is 0 Å². The molecule has 0 aromatic heterocycles. The molecule has 0 saturated carbocycles. The fourth-order valence-electron chi connectivity index (χ4n) is 2.40. The first-order valence-corrected chi connectivity index (χ1v) is 9.32. The Labute approximate surface area is 172 Å². The Bertz CT molecular complexity index is 771. The van der Waals surface area contributed by atoms with Gasteiger partial charge in [0.25, 0.3) is 0 Å². The fourth-order valence-corrected chi connectivity index (χ4v) is 3.69. The van der Waals surface area contributed by atoms with Crippen molar-refractivity contribution in [2.75, 3.05) is 18.8 Å². The van der Waals surface area contributed by atoms with Crippen molar-refractivity contribution >= 4 is 45.9 Å². The minimum Gasteiger partial charge on any atom is -1.00 e. The molecular formula is C18H16BrCl2N2OS-. The minimum atomic E-state index is 0. The van der Waals surface area contributed by atoms with E-state index in [0.717, 1.165) is 23.0 Å². The highest BCUT2D eigenvalue weighted by Gasteiger charge is 2.22. The van der Waals surface area contributed by atoms with E-state index in [1.165, 1.54) is 0 Å². The SMILES string of the molecule is O=C(CN1CCSC1=NCc1ccccc1)c1ccc(Cl)c(Cl)c1.[Br-]. The van der Waals surface area contributed by atoms with Gasteiger partial charge >= 0.3 is 0 Å². The average molecular weight is 459 g/mol. The normalized spacial score (nSPS) is 15.3. The molecule has 0 bridgehead atoms. The van der Waals surface area contributed by atoms with Gasteiger partial charge in [-0.1, -0.05) is 65.3 Å². The zero-order valence-corrected chi connectivity index (χ0v) is 17.2. The third-order valence-corrected chi connectivity index (χ3v) is 5.45. The first-order chi connectivity index (χ1) is 11.6. The lowest BCUT2D eigenvalue weighted by atomic mass is 10.1. The molecule has 0 atom stereocenters. The van der Waals surface area contributed by atoms with E-state index < -0.39 is 0 Å². The molecule has 0 amide bonds. The van der Waals surface area contributed by atoms with Gasteiger partial charge in [-0.25, -0.2) is 0 Å². The van der Waals surface area contributed by atoms with Gasteiger partial charge < -0.3 is 21.9 Å². The van der Waals surface area contributed by atoms with E-state index in [4.69, 9.17) is 23.2 Å². The van der Waals surface area contributed by atoms with Gasteiger partial charge in [-0.05, 0) is 23.8 Å². The zero-order valence-electron chi connectivity index (χ0n) is 13.3. The Morgan fingerprint density at radius 2 is 1.88 bits per heavy atom. The molecular weight excluding hydrogens is 443 g/mol. The summed E-state index contributed by atoms with van der Waals surface area (Å²) in [7, 11) is 0. The number of amidine groups is 1. The van der Waals surface area contributed by atoms with Gasteiger partial charge in [-0.15, -0.1) is 0 Å². The van der Waals surface area contributed by atoms with Crippen LogP contribution in [0.25, 0.3) is 0 Å². The second kappa shape index (κ2) is 9.62. The molecule has 3 nitrogen and oxygen atoms in total. The molecule has 1 fully saturated rings. The van der Waals surface area contributed by atoms with Crippen LogP contribution >= 0.6 is 35.0 Å². The number of rotatable bonds is 5. The highest BCUT2D eigenvalue weighted by molar-refractivity contribution is 8.14. The van der Waals surface area contributed by atoms with Gasteiger partial charge in [0.15, 0.2) is 11.0 Å². The maximum Gasteiger partial charge on any atom is 0.182 e. The first kappa shape index (κ1) is 20.3. The molecule has 1 aliphatic heterocycles. The minimum absolute atomic E-state index is 0. The second-order valence-electron chi connectivity index (χ2n) is 5.41. The fraction of sp³-hybridized carbons (Fsp3) is 0.222. The van der Waals surface area contributed by atoms with Crippen molar-refractivity contribution in [3.8, 4) is 0 Å². The van der Waals surface area contributed by atoms with Crippen molar-refractivity contribution in [3.05, 3.63) is 69.7 Å². The zero-order chi connectivity index (χ0) is 16.9. The number of thioether (sulfide) groups is 1. The number of nitrogens with zero attached hydrogens (tertiary/aromatic N) is 2. The summed E-state index contributed by atoms with van der Waals surface area (Å²) in [5.74, 6) is 0.964. The summed E-state index contributed by atoms with van der Waals surface area (Å²) in [6, 6.07) is 15.1. The number of carbonyl (C=O) groups excluding carboxylic acids is 1. The summed E-state index contributed by atoms with van der Waals surface area (Å²) in [5, 5.41) is 1.78. The summed E-state index contributed by atoms with van der Waals surface area (Å²) in [4.78, 5) is 19.2. The molecule has 0 aliphatic carbocycles. The van der Waals surface area contributed by atoms with Crippen LogP contribution in [0, 0.1) is 0 Å². The monoisotopic (exact) mass is 457 g/mol. The summed E-state index contributed by atoms with van der Waals surface area (Å²) < 4.78 is 0. The third-order valence-electron chi connectivity index (χ3n) is 3.68. The number of Topliss-reactive ketones (excluding diaryl/α,β-unsaturated/α-hetero) is 1. The van der Waals surface area contributed by atoms with Crippen LogP contribution in [0.5, 0.6) is 0 Å². The Kier molecular flexibility index (Phi) is 7.81. The second-order valence-corrected chi connectivity index (χ2v) is 7.28. The summed E-state index contributed by atoms with van der Waals surface area (Å²) >= 11 is 13.6. The molecule has 1 saturated heterocycles. The molecule has 25 heavy (non-hydrogen) atoms. The van der Waals surface area contributed by atoms with Gasteiger partial charge in [0.05, 0.1) is 23.1 Å². The Morgan fingerprint density at radius 3 is 2.60 bits per heavy atom. The van der Waals surface area contributed by atoms with Crippen molar-refractivity contribution in [2.45, 2.75) is 6.54 Å². The van der Waals surface area contributed by atoms with Crippen molar-refractivity contribution < 1.29 is 21.8 Å². The van der Waals surface area contributed by atoms with Crippen LogP contribution in [-0.4, -0.2) is 34.7 Å². The van der Waals surface area contributed by atoms with Gasteiger partial charge in [0, 0.05) is 17.9 Å². The molecule has 3 rings (SSSR count). The molecule has 2 aromatic carbocycles. The van der Waals surface area contributed by atoms with Crippen LogP contribution in [0.15, 0.2) is 53.5 Å². The standard InChI is InChI=1S/C18H16Cl2N2OS.BrH/c19-15-7-6-14(10-16(15)20)17(23)12-22-8-9-24-18(22)21-11-13-4-2-1-3-5-13;/h1-7,10H,8-9,11-12H2;1H/p-1. The topological polar surface area (TPSA) is 32.7 Å². The number of hydrogen-bond donors (Lipinski definition) is 0. The molecule has 7 heteroatoms. The molecule has 1 aliphatic rings. The van der Waals surface area contributed by atoms with Crippen molar-refractivity contribution in [2.24, 2.45) is 4.99 Å². The van der Waals surface area contributed by atoms with Crippen LogP contribution < -0.4 is 17.0 Å². The number of hydrogen-bond acceptors (Lipinski definition) is 3. The van der Waals surface area contributed by atoms with E-state index in [1.54, 1.807) is 30.0 Å². The van der Waals surface area contributed by atoms with Gasteiger partial charge in [-0.2, -0.15) is 0 Å². The van der Waals surface area contributed by atoms with Gasteiger partial charge in [0.2, 0.25) is 0 Å². The van der Waals surface area contributed by atoms with Crippen molar-refractivity contribution in [1.29, 1.82) is 0 Å². The van der Waals surface area contributed by atoms with E-state index in [1.807, 2.05) is 23.1 Å². The van der Waals surface area contributed by atoms with Crippen molar-refractivity contribution in [1.82, 2.24) is 4.90 Å². The number of carbonyl (C=O) groups is 1. The predicted molar refractivity (Wildman–Crippen MR) is 102 cm³/mol. The van der Waals surface area contributed by atoms with Crippen LogP contribution in [-0.2, 0) is 6.54 Å². The lowest BCUT2D eigenvalue weighted by Crippen LogP contribution is -3.00. The largest absolute Gasteiger partial charge is 1.00 e. The van der Waals surface area contributed by atoms with Crippen LogP contribution in [0.2, 0.25) is 10.0 Å². The molecule has 0 radical (unpaired) electrons. The number of benzene rings is 2. The number of aliphatic imine (C=N–C) groups is 1. The Balaban J connectivity index is 0.00000225. The lowest BCUT2D eigenvalue weighted by Gasteiger charge is -2.17. The van der Waals surface area contributed by atoms with E-state index in [9.17, 15) is 4.79 Å². The van der Waals surface area contributed by atoms with E-state index in [2.05, 4.69) is 17.1 Å². The van der Waals surface area contributed by atoms with Crippen molar-refractivity contribution in [3.63, 3.8) is 0 Å².